The molecule has 25 heavy (non-hydrogen) atoms. The number of hydrogen-bond acceptors (Lipinski definition) is 6. The van der Waals surface area contributed by atoms with E-state index in [1.807, 2.05) is 6.07 Å². The predicted octanol–water partition coefficient (Wildman–Crippen LogP) is 2.31. The van der Waals surface area contributed by atoms with Gasteiger partial charge in [0, 0.05) is 0 Å². The van der Waals surface area contributed by atoms with Crippen molar-refractivity contribution in [1.29, 1.82) is 0 Å². The first kappa shape index (κ1) is 15.8. The Morgan fingerprint density at radius 3 is 2.44 bits per heavy atom. The van der Waals surface area contributed by atoms with E-state index in [0.717, 1.165) is 31.2 Å². The van der Waals surface area contributed by atoms with Gasteiger partial charge in [-0.15, -0.1) is 5.10 Å². The Kier molecular flexibility index (Phi) is 3.96. The molecule has 8 heteroatoms. The van der Waals surface area contributed by atoms with Crippen molar-refractivity contribution in [3.8, 4) is 11.4 Å². The Hall–Kier alpha value is -2.74. The molecule has 0 saturated heterocycles. The molecule has 0 saturated carbocycles. The number of aryl methyl sites for hydroxylation is 2. The van der Waals surface area contributed by atoms with Gasteiger partial charge < -0.3 is 4.18 Å². The van der Waals surface area contributed by atoms with E-state index in [-0.39, 0.29) is 10.6 Å². The van der Waals surface area contributed by atoms with Gasteiger partial charge in [-0.05, 0) is 83.6 Å². The molecule has 0 amide bonds. The number of tetrazole rings is 1. The first-order chi connectivity index (χ1) is 12.1. The van der Waals surface area contributed by atoms with E-state index in [2.05, 4.69) is 15.5 Å². The van der Waals surface area contributed by atoms with E-state index in [1.165, 1.54) is 16.6 Å². The second kappa shape index (κ2) is 6.29. The lowest BCUT2D eigenvalue weighted by atomic mass is 9.92. The highest BCUT2D eigenvalue weighted by Crippen LogP contribution is 2.26. The molecule has 0 fully saturated rings. The SMILES string of the molecule is O=S(=O)(Oc1ccc(-n2cnnn2)cc1)c1ccc2c(c1)CCCC2. The molecule has 3 aromatic rings. The van der Waals surface area contributed by atoms with Crippen LogP contribution in [0.3, 0.4) is 0 Å². The van der Waals surface area contributed by atoms with Crippen molar-refractivity contribution < 1.29 is 12.6 Å². The largest absolute Gasteiger partial charge is 0.379 e. The van der Waals surface area contributed by atoms with E-state index in [1.54, 1.807) is 36.4 Å². The highest BCUT2D eigenvalue weighted by molar-refractivity contribution is 7.87. The minimum atomic E-state index is -3.86. The lowest BCUT2D eigenvalue weighted by Crippen LogP contribution is -2.12. The molecular weight excluding hydrogens is 340 g/mol. The summed E-state index contributed by atoms with van der Waals surface area (Å²) in [5, 5.41) is 10.9. The summed E-state index contributed by atoms with van der Waals surface area (Å²) in [6, 6.07) is 11.8. The molecule has 0 atom stereocenters. The average molecular weight is 356 g/mol. The van der Waals surface area contributed by atoms with Crippen molar-refractivity contribution in [2.24, 2.45) is 0 Å². The highest BCUT2D eigenvalue weighted by Gasteiger charge is 2.19. The van der Waals surface area contributed by atoms with Gasteiger partial charge in [-0.25, -0.2) is 4.68 Å². The summed E-state index contributed by atoms with van der Waals surface area (Å²) in [4.78, 5) is 0.192. The van der Waals surface area contributed by atoms with Crippen LogP contribution < -0.4 is 4.18 Å². The van der Waals surface area contributed by atoms with Crippen LogP contribution in [0.15, 0.2) is 53.7 Å². The number of nitrogens with zero attached hydrogens (tertiary/aromatic N) is 4. The van der Waals surface area contributed by atoms with Crippen LogP contribution in [0, 0.1) is 0 Å². The van der Waals surface area contributed by atoms with Gasteiger partial charge in [-0.1, -0.05) is 6.07 Å². The summed E-state index contributed by atoms with van der Waals surface area (Å²) in [6.07, 6.45) is 5.63. The molecule has 0 radical (unpaired) electrons. The van der Waals surface area contributed by atoms with Gasteiger partial charge in [0.25, 0.3) is 0 Å². The third kappa shape index (κ3) is 3.25. The maximum Gasteiger partial charge on any atom is 0.339 e. The van der Waals surface area contributed by atoms with Crippen molar-refractivity contribution in [3.63, 3.8) is 0 Å². The lowest BCUT2D eigenvalue weighted by molar-refractivity contribution is 0.485. The standard InChI is InChI=1S/C17H16N4O3S/c22-25(23,17-10-5-13-3-1-2-4-14(13)11-17)24-16-8-6-15(7-9-16)21-12-18-19-20-21/h5-12H,1-4H2. The van der Waals surface area contributed by atoms with Crippen LogP contribution in [-0.4, -0.2) is 28.6 Å². The van der Waals surface area contributed by atoms with Crippen LogP contribution >= 0.6 is 0 Å². The van der Waals surface area contributed by atoms with E-state index in [4.69, 9.17) is 4.18 Å². The fourth-order valence-corrected chi connectivity index (χ4v) is 3.96. The molecule has 4 rings (SSSR count). The predicted molar refractivity (Wildman–Crippen MR) is 90.1 cm³/mol. The summed E-state index contributed by atoms with van der Waals surface area (Å²) in [5.41, 5.74) is 3.05. The summed E-state index contributed by atoms with van der Waals surface area (Å²) < 4.78 is 31.8. The summed E-state index contributed by atoms with van der Waals surface area (Å²) in [5.74, 6) is 0.245. The molecule has 7 nitrogen and oxygen atoms in total. The Morgan fingerprint density at radius 1 is 0.960 bits per heavy atom. The zero-order chi connectivity index (χ0) is 17.3. The molecule has 128 valence electrons. The molecular formula is C17H16N4O3S. The molecule has 0 spiro atoms. The van der Waals surface area contributed by atoms with Gasteiger partial charge in [0.2, 0.25) is 0 Å². The summed E-state index contributed by atoms with van der Waals surface area (Å²) >= 11 is 0. The van der Waals surface area contributed by atoms with E-state index in [0.29, 0.717) is 5.69 Å². The number of fused-ring (bicyclic) bond motifs is 1. The van der Waals surface area contributed by atoms with Crippen LogP contribution in [0.5, 0.6) is 5.75 Å². The van der Waals surface area contributed by atoms with Crippen LogP contribution in [0.1, 0.15) is 24.0 Å². The molecule has 1 aliphatic rings. The molecule has 1 aliphatic carbocycles. The molecule has 0 bridgehead atoms. The van der Waals surface area contributed by atoms with E-state index >= 15 is 0 Å². The normalized spacial score (nSPS) is 14.1. The van der Waals surface area contributed by atoms with Crippen LogP contribution in [0.4, 0.5) is 0 Å². The smallest absolute Gasteiger partial charge is 0.339 e. The van der Waals surface area contributed by atoms with Crippen molar-refractivity contribution in [1.82, 2.24) is 20.2 Å². The zero-order valence-electron chi connectivity index (χ0n) is 13.4. The van der Waals surface area contributed by atoms with Gasteiger partial charge in [0.15, 0.2) is 0 Å². The molecule has 1 aromatic heterocycles. The Bertz CT molecular complexity index is 983. The first-order valence-electron chi connectivity index (χ1n) is 8.01. The Labute approximate surface area is 145 Å². The molecule has 0 N–H and O–H groups in total. The van der Waals surface area contributed by atoms with Gasteiger partial charge in [-0.3, -0.25) is 0 Å². The second-order valence-corrected chi connectivity index (χ2v) is 7.47. The number of aromatic nitrogens is 4. The highest BCUT2D eigenvalue weighted by atomic mass is 32.2. The van der Waals surface area contributed by atoms with Crippen LogP contribution in [-0.2, 0) is 23.0 Å². The molecule has 2 aromatic carbocycles. The first-order valence-corrected chi connectivity index (χ1v) is 9.42. The lowest BCUT2D eigenvalue weighted by Gasteiger charge is -2.16. The minimum Gasteiger partial charge on any atom is -0.379 e. The number of hydrogen-bond donors (Lipinski definition) is 0. The quantitative estimate of drug-likeness (QED) is 0.667. The third-order valence-corrected chi connectivity index (χ3v) is 5.51. The second-order valence-electron chi connectivity index (χ2n) is 5.92. The van der Waals surface area contributed by atoms with Crippen LogP contribution in [0.2, 0.25) is 0 Å². The van der Waals surface area contributed by atoms with Crippen molar-refractivity contribution in [3.05, 3.63) is 59.9 Å². The van der Waals surface area contributed by atoms with Gasteiger partial charge in [0.1, 0.15) is 17.0 Å². The average Bonchev–Trinajstić information content (AvgIpc) is 3.16. The maximum absolute atomic E-state index is 12.5. The fraction of sp³-hybridized carbons (Fsp3) is 0.235. The van der Waals surface area contributed by atoms with Gasteiger partial charge in [-0.2, -0.15) is 8.42 Å². The van der Waals surface area contributed by atoms with E-state index < -0.39 is 10.1 Å². The zero-order valence-corrected chi connectivity index (χ0v) is 14.2. The fourth-order valence-electron chi connectivity index (χ4n) is 2.97. The molecule has 0 aliphatic heterocycles. The summed E-state index contributed by atoms with van der Waals surface area (Å²) in [7, 11) is -3.86. The third-order valence-electron chi connectivity index (χ3n) is 4.26. The maximum atomic E-state index is 12.5. The summed E-state index contributed by atoms with van der Waals surface area (Å²) in [6.45, 7) is 0. The van der Waals surface area contributed by atoms with Crippen molar-refractivity contribution in [2.75, 3.05) is 0 Å². The van der Waals surface area contributed by atoms with Crippen molar-refractivity contribution in [2.45, 2.75) is 30.6 Å². The monoisotopic (exact) mass is 356 g/mol. The topological polar surface area (TPSA) is 87.0 Å². The number of rotatable bonds is 4. The van der Waals surface area contributed by atoms with E-state index in [9.17, 15) is 8.42 Å². The Balaban J connectivity index is 1.57. The Morgan fingerprint density at radius 2 is 1.72 bits per heavy atom. The van der Waals surface area contributed by atoms with Gasteiger partial charge in [0.05, 0.1) is 5.69 Å². The minimum absolute atomic E-state index is 0.192. The van der Waals surface area contributed by atoms with Gasteiger partial charge >= 0.3 is 10.1 Å². The van der Waals surface area contributed by atoms with Crippen LogP contribution in [0.25, 0.3) is 5.69 Å². The van der Waals surface area contributed by atoms with Crippen molar-refractivity contribution >= 4 is 10.1 Å². The number of benzene rings is 2. The molecule has 0 unspecified atom stereocenters. The molecule has 1 heterocycles.